The molecule has 204 valence electrons. The highest BCUT2D eigenvalue weighted by molar-refractivity contribution is 5.94. The summed E-state index contributed by atoms with van der Waals surface area (Å²) in [6.07, 6.45) is 2.18. The molecule has 39 heavy (non-hydrogen) atoms. The standard InChI is InChI=1S/C30H33FN4O4/c1-22-17-27(39-26-9-7-24(31)8-10-26)11-12-28(22)33-30(38)20-35(21-36)19-29(37)32-25-13-15-34(16-14-25)18-23-5-3-2-4-6-23/h2-12,17,21,25H,13-16,18-20H2,1H3,(H,32,37)(H,33,38). The van der Waals surface area contributed by atoms with E-state index in [-0.39, 0.29) is 30.9 Å². The van der Waals surface area contributed by atoms with E-state index in [4.69, 9.17) is 4.74 Å². The molecule has 1 heterocycles. The molecule has 0 unspecified atom stereocenters. The molecule has 1 saturated heterocycles. The second kappa shape index (κ2) is 13.5. The number of piperidine rings is 1. The van der Waals surface area contributed by atoms with Gasteiger partial charge in [0.15, 0.2) is 0 Å². The number of carbonyl (C=O) groups excluding carboxylic acids is 3. The van der Waals surface area contributed by atoms with Crippen molar-refractivity contribution in [1.29, 1.82) is 0 Å². The third-order valence-corrected chi connectivity index (χ3v) is 6.57. The lowest BCUT2D eigenvalue weighted by Crippen LogP contribution is -2.48. The number of nitrogens with one attached hydrogen (secondary N) is 2. The quantitative estimate of drug-likeness (QED) is 0.363. The van der Waals surface area contributed by atoms with Gasteiger partial charge in [0.1, 0.15) is 23.9 Å². The van der Waals surface area contributed by atoms with Gasteiger partial charge in [-0.3, -0.25) is 19.3 Å². The highest BCUT2D eigenvalue weighted by Gasteiger charge is 2.22. The number of rotatable bonds is 11. The van der Waals surface area contributed by atoms with Gasteiger partial charge < -0.3 is 20.3 Å². The summed E-state index contributed by atoms with van der Waals surface area (Å²) in [4.78, 5) is 40.2. The van der Waals surface area contributed by atoms with Crippen molar-refractivity contribution in [3.05, 3.63) is 89.7 Å². The Morgan fingerprint density at radius 1 is 0.974 bits per heavy atom. The van der Waals surface area contributed by atoms with Crippen LogP contribution in [0.25, 0.3) is 0 Å². The molecule has 3 aromatic carbocycles. The molecule has 1 aliphatic heterocycles. The zero-order chi connectivity index (χ0) is 27.6. The summed E-state index contributed by atoms with van der Waals surface area (Å²) in [6.45, 7) is 4.02. The summed E-state index contributed by atoms with van der Waals surface area (Å²) in [5.74, 6) is -0.0213. The topological polar surface area (TPSA) is 91.0 Å². The maximum absolute atomic E-state index is 13.1. The highest BCUT2D eigenvalue weighted by Crippen LogP contribution is 2.26. The number of anilines is 1. The number of ether oxygens (including phenoxy) is 1. The van der Waals surface area contributed by atoms with Gasteiger partial charge in [0, 0.05) is 31.4 Å². The average molecular weight is 533 g/mol. The van der Waals surface area contributed by atoms with Crippen LogP contribution >= 0.6 is 0 Å². The SMILES string of the molecule is Cc1cc(Oc2ccc(F)cc2)ccc1NC(=O)CN(C=O)CC(=O)NC1CCN(Cc2ccccc2)CC1. The first-order valence-electron chi connectivity index (χ1n) is 13.0. The number of aryl methyl sites for hydroxylation is 1. The zero-order valence-electron chi connectivity index (χ0n) is 21.9. The number of benzene rings is 3. The summed E-state index contributed by atoms with van der Waals surface area (Å²) in [5.41, 5.74) is 2.57. The van der Waals surface area contributed by atoms with E-state index in [1.54, 1.807) is 18.2 Å². The van der Waals surface area contributed by atoms with Crippen LogP contribution in [0.15, 0.2) is 72.8 Å². The third-order valence-electron chi connectivity index (χ3n) is 6.57. The van der Waals surface area contributed by atoms with Gasteiger partial charge in [-0.15, -0.1) is 0 Å². The Hall–Kier alpha value is -4.24. The highest BCUT2D eigenvalue weighted by atomic mass is 19.1. The monoisotopic (exact) mass is 532 g/mol. The Morgan fingerprint density at radius 2 is 1.64 bits per heavy atom. The van der Waals surface area contributed by atoms with E-state index < -0.39 is 5.91 Å². The average Bonchev–Trinajstić information content (AvgIpc) is 2.93. The molecule has 9 heteroatoms. The first kappa shape index (κ1) is 27.8. The van der Waals surface area contributed by atoms with E-state index in [1.165, 1.54) is 29.8 Å². The summed E-state index contributed by atoms with van der Waals surface area (Å²) < 4.78 is 18.8. The summed E-state index contributed by atoms with van der Waals surface area (Å²) >= 11 is 0. The maximum atomic E-state index is 13.1. The zero-order valence-corrected chi connectivity index (χ0v) is 21.9. The van der Waals surface area contributed by atoms with E-state index in [9.17, 15) is 18.8 Å². The van der Waals surface area contributed by atoms with Crippen LogP contribution in [-0.2, 0) is 20.9 Å². The Bertz CT molecular complexity index is 1260. The molecule has 0 radical (unpaired) electrons. The molecule has 1 aliphatic rings. The maximum Gasteiger partial charge on any atom is 0.244 e. The minimum Gasteiger partial charge on any atom is -0.457 e. The van der Waals surface area contributed by atoms with Gasteiger partial charge in [-0.1, -0.05) is 30.3 Å². The van der Waals surface area contributed by atoms with Gasteiger partial charge in [0.2, 0.25) is 18.2 Å². The number of hydrogen-bond acceptors (Lipinski definition) is 5. The number of nitrogens with zero attached hydrogens (tertiary/aromatic N) is 2. The van der Waals surface area contributed by atoms with Gasteiger partial charge in [0.05, 0.1) is 6.54 Å². The molecule has 2 N–H and O–H groups in total. The lowest BCUT2D eigenvalue weighted by Gasteiger charge is -2.32. The van der Waals surface area contributed by atoms with E-state index in [0.717, 1.165) is 42.9 Å². The van der Waals surface area contributed by atoms with Gasteiger partial charge in [-0.25, -0.2) is 4.39 Å². The van der Waals surface area contributed by atoms with E-state index >= 15 is 0 Å². The van der Waals surface area contributed by atoms with Crippen molar-refractivity contribution >= 4 is 23.9 Å². The fraction of sp³-hybridized carbons (Fsp3) is 0.300. The van der Waals surface area contributed by atoms with Crippen LogP contribution in [0.2, 0.25) is 0 Å². The van der Waals surface area contributed by atoms with Gasteiger partial charge >= 0.3 is 0 Å². The van der Waals surface area contributed by atoms with Crippen molar-refractivity contribution in [2.45, 2.75) is 32.4 Å². The second-order valence-corrected chi connectivity index (χ2v) is 9.69. The Balaban J connectivity index is 1.20. The van der Waals surface area contributed by atoms with Gasteiger partial charge in [-0.2, -0.15) is 0 Å². The first-order valence-corrected chi connectivity index (χ1v) is 13.0. The molecule has 3 amide bonds. The molecule has 0 aliphatic carbocycles. The summed E-state index contributed by atoms with van der Waals surface area (Å²) in [5, 5.41) is 5.77. The number of carbonyl (C=O) groups is 3. The number of likely N-dealkylation sites (tertiary alicyclic amines) is 1. The molecule has 0 atom stereocenters. The Labute approximate surface area is 227 Å². The first-order chi connectivity index (χ1) is 18.9. The normalized spacial score (nSPS) is 13.9. The predicted octanol–water partition coefficient (Wildman–Crippen LogP) is 4.10. The number of amides is 3. The van der Waals surface area contributed by atoms with Crippen molar-refractivity contribution in [3.63, 3.8) is 0 Å². The smallest absolute Gasteiger partial charge is 0.244 e. The molecular formula is C30H33FN4O4. The van der Waals surface area contributed by atoms with Crippen LogP contribution in [0.4, 0.5) is 10.1 Å². The molecular weight excluding hydrogens is 499 g/mol. The Kier molecular flexibility index (Phi) is 9.64. The van der Waals surface area contributed by atoms with Crippen LogP contribution in [0.1, 0.15) is 24.0 Å². The van der Waals surface area contributed by atoms with Crippen molar-refractivity contribution in [2.75, 3.05) is 31.5 Å². The van der Waals surface area contributed by atoms with Crippen LogP contribution in [0.3, 0.4) is 0 Å². The van der Waals surface area contributed by atoms with Gasteiger partial charge in [0.25, 0.3) is 0 Å². The molecule has 1 fully saturated rings. The fourth-order valence-corrected chi connectivity index (χ4v) is 4.52. The fourth-order valence-electron chi connectivity index (χ4n) is 4.52. The van der Waals surface area contributed by atoms with E-state index in [0.29, 0.717) is 23.6 Å². The van der Waals surface area contributed by atoms with E-state index in [1.807, 2.05) is 25.1 Å². The summed E-state index contributed by atoms with van der Waals surface area (Å²) in [6, 6.07) is 21.1. The van der Waals surface area contributed by atoms with Crippen molar-refractivity contribution in [3.8, 4) is 11.5 Å². The van der Waals surface area contributed by atoms with Crippen molar-refractivity contribution in [2.24, 2.45) is 0 Å². The van der Waals surface area contributed by atoms with E-state index in [2.05, 4.69) is 27.7 Å². The number of hydrogen-bond donors (Lipinski definition) is 2. The Morgan fingerprint density at radius 3 is 2.31 bits per heavy atom. The lowest BCUT2D eigenvalue weighted by atomic mass is 10.0. The van der Waals surface area contributed by atoms with Gasteiger partial charge in [-0.05, 0) is 73.4 Å². The largest absolute Gasteiger partial charge is 0.457 e. The third kappa shape index (κ3) is 8.65. The molecule has 0 bridgehead atoms. The molecule has 0 spiro atoms. The molecule has 0 aromatic heterocycles. The van der Waals surface area contributed by atoms with Crippen LogP contribution in [0.5, 0.6) is 11.5 Å². The number of halogens is 1. The van der Waals surface area contributed by atoms with Crippen molar-refractivity contribution in [1.82, 2.24) is 15.1 Å². The molecule has 0 saturated carbocycles. The van der Waals surface area contributed by atoms with Crippen LogP contribution in [-0.4, -0.2) is 60.2 Å². The predicted molar refractivity (Wildman–Crippen MR) is 147 cm³/mol. The summed E-state index contributed by atoms with van der Waals surface area (Å²) in [7, 11) is 0. The minimum absolute atomic E-state index is 0.0464. The van der Waals surface area contributed by atoms with Crippen LogP contribution < -0.4 is 15.4 Å². The molecule has 4 rings (SSSR count). The molecule has 8 nitrogen and oxygen atoms in total. The van der Waals surface area contributed by atoms with Crippen molar-refractivity contribution < 1.29 is 23.5 Å². The molecule has 3 aromatic rings. The minimum atomic E-state index is -0.417. The lowest BCUT2D eigenvalue weighted by molar-refractivity contribution is -0.131. The second-order valence-electron chi connectivity index (χ2n) is 9.69. The van der Waals surface area contributed by atoms with Crippen LogP contribution in [0, 0.1) is 12.7 Å².